The summed E-state index contributed by atoms with van der Waals surface area (Å²) in [5.74, 6) is -0.400. The van der Waals surface area contributed by atoms with Crippen molar-refractivity contribution in [1.82, 2.24) is 5.32 Å². The third-order valence-corrected chi connectivity index (χ3v) is 6.44. The van der Waals surface area contributed by atoms with E-state index in [9.17, 15) is 14.4 Å². The van der Waals surface area contributed by atoms with Crippen molar-refractivity contribution in [2.75, 3.05) is 42.7 Å². The lowest BCUT2D eigenvalue weighted by Crippen LogP contribution is -2.54. The molecule has 1 heterocycles. The molecule has 0 radical (unpaired) electrons. The van der Waals surface area contributed by atoms with Crippen LogP contribution in [0.3, 0.4) is 0 Å². The van der Waals surface area contributed by atoms with E-state index in [0.717, 1.165) is 11.1 Å². The zero-order chi connectivity index (χ0) is 30.7. The van der Waals surface area contributed by atoms with Crippen molar-refractivity contribution in [2.45, 2.75) is 45.6 Å². The van der Waals surface area contributed by atoms with E-state index in [0.29, 0.717) is 24.6 Å². The normalized spacial score (nSPS) is 15.0. The van der Waals surface area contributed by atoms with Crippen molar-refractivity contribution < 1.29 is 33.3 Å². The molecule has 10 heteroatoms. The molecule has 3 aromatic rings. The molecule has 10 nitrogen and oxygen atoms in total. The number of anilines is 2. The van der Waals surface area contributed by atoms with E-state index in [-0.39, 0.29) is 32.9 Å². The third kappa shape index (κ3) is 9.56. The van der Waals surface area contributed by atoms with Crippen LogP contribution in [-0.4, -0.2) is 62.6 Å². The van der Waals surface area contributed by atoms with Gasteiger partial charge < -0.3 is 29.2 Å². The zero-order valence-electron chi connectivity index (χ0n) is 24.9. The largest absolute Gasteiger partial charge is 0.447 e. The number of fused-ring (bicyclic) bond motifs is 1. The van der Waals surface area contributed by atoms with Crippen LogP contribution >= 0.6 is 0 Å². The average molecular weight is 590 g/mol. The predicted molar refractivity (Wildman–Crippen MR) is 163 cm³/mol. The summed E-state index contributed by atoms with van der Waals surface area (Å²) in [6.45, 7) is 6.46. The summed E-state index contributed by atoms with van der Waals surface area (Å²) in [6, 6.07) is 25.4. The molecule has 0 aliphatic carbocycles. The molecule has 3 amide bonds. The highest BCUT2D eigenvalue weighted by atomic mass is 16.6. The number of carbonyl (C=O) groups is 3. The first-order chi connectivity index (χ1) is 20.7. The number of benzene rings is 3. The first-order valence-electron chi connectivity index (χ1n) is 14.3. The molecule has 0 saturated carbocycles. The molecule has 4 rings (SSSR count). The second-order valence-corrected chi connectivity index (χ2v) is 11.0. The molecule has 228 valence electrons. The van der Waals surface area contributed by atoms with Gasteiger partial charge in [0.15, 0.2) is 0 Å². The number of hydrogen-bond donors (Lipinski definition) is 1. The molecular weight excluding hydrogens is 550 g/mol. The summed E-state index contributed by atoms with van der Waals surface area (Å²) in [5, 5.41) is 2.66. The van der Waals surface area contributed by atoms with E-state index in [4.69, 9.17) is 18.9 Å². The molecule has 1 aliphatic rings. The summed E-state index contributed by atoms with van der Waals surface area (Å²) in [6.07, 6.45) is -1.43. The highest BCUT2D eigenvalue weighted by Crippen LogP contribution is 2.33. The van der Waals surface area contributed by atoms with Crippen molar-refractivity contribution in [3.63, 3.8) is 0 Å². The highest BCUT2D eigenvalue weighted by Gasteiger charge is 2.38. The molecule has 1 aliphatic heterocycles. The van der Waals surface area contributed by atoms with Crippen LogP contribution in [-0.2, 0) is 37.0 Å². The lowest BCUT2D eigenvalue weighted by atomic mass is 10.2. The number of ether oxygens (including phenoxy) is 4. The lowest BCUT2D eigenvalue weighted by molar-refractivity contribution is -0.120. The number of nitrogens with zero attached hydrogens (tertiary/aromatic N) is 2. The van der Waals surface area contributed by atoms with E-state index in [1.165, 1.54) is 9.80 Å². The summed E-state index contributed by atoms with van der Waals surface area (Å²) >= 11 is 0. The molecule has 0 spiro atoms. The van der Waals surface area contributed by atoms with E-state index in [2.05, 4.69) is 5.32 Å². The van der Waals surface area contributed by atoms with Crippen LogP contribution in [0.25, 0.3) is 0 Å². The monoisotopic (exact) mass is 589 g/mol. The van der Waals surface area contributed by atoms with Crippen LogP contribution in [0.5, 0.6) is 0 Å². The second kappa shape index (κ2) is 15.2. The van der Waals surface area contributed by atoms with Crippen molar-refractivity contribution in [3.8, 4) is 0 Å². The molecule has 1 atom stereocenters. The smallest absolute Gasteiger partial charge is 0.414 e. The Morgan fingerprint density at radius 1 is 0.791 bits per heavy atom. The lowest BCUT2D eigenvalue weighted by Gasteiger charge is -2.26. The summed E-state index contributed by atoms with van der Waals surface area (Å²) in [5.41, 5.74) is 2.22. The molecule has 43 heavy (non-hydrogen) atoms. The van der Waals surface area contributed by atoms with Crippen LogP contribution in [0.4, 0.5) is 21.0 Å². The van der Waals surface area contributed by atoms with Gasteiger partial charge in [-0.2, -0.15) is 0 Å². The van der Waals surface area contributed by atoms with Gasteiger partial charge in [-0.25, -0.2) is 9.59 Å². The number of rotatable bonds is 11. The van der Waals surface area contributed by atoms with Crippen LogP contribution in [0.2, 0.25) is 0 Å². The van der Waals surface area contributed by atoms with Gasteiger partial charge in [0, 0.05) is 6.54 Å². The first-order valence-corrected chi connectivity index (χ1v) is 14.3. The maximum absolute atomic E-state index is 13.9. The molecule has 0 saturated heterocycles. The highest BCUT2D eigenvalue weighted by molar-refractivity contribution is 6.06. The summed E-state index contributed by atoms with van der Waals surface area (Å²) < 4.78 is 22.5. The van der Waals surface area contributed by atoms with Gasteiger partial charge in [-0.3, -0.25) is 9.69 Å². The minimum atomic E-state index is -1.10. The van der Waals surface area contributed by atoms with Crippen molar-refractivity contribution >= 4 is 29.5 Å². The van der Waals surface area contributed by atoms with Crippen molar-refractivity contribution in [3.05, 3.63) is 96.1 Å². The molecule has 0 bridgehead atoms. The minimum absolute atomic E-state index is 0.0134. The van der Waals surface area contributed by atoms with Gasteiger partial charge in [0.05, 0.1) is 44.3 Å². The van der Waals surface area contributed by atoms with Crippen LogP contribution in [0.15, 0.2) is 84.9 Å². The predicted octanol–water partition coefficient (Wildman–Crippen LogP) is 5.30. The Morgan fingerprint density at radius 2 is 1.35 bits per heavy atom. The van der Waals surface area contributed by atoms with Crippen LogP contribution in [0.1, 0.15) is 31.9 Å². The van der Waals surface area contributed by atoms with Gasteiger partial charge in [-0.05, 0) is 44.0 Å². The fraction of sp³-hybridized carbons (Fsp3) is 0.364. The van der Waals surface area contributed by atoms with Crippen LogP contribution in [0, 0.1) is 0 Å². The Morgan fingerprint density at radius 3 is 1.95 bits per heavy atom. The van der Waals surface area contributed by atoms with Gasteiger partial charge >= 0.3 is 12.2 Å². The minimum Gasteiger partial charge on any atom is -0.447 e. The number of hydrogen-bond acceptors (Lipinski definition) is 7. The van der Waals surface area contributed by atoms with Crippen molar-refractivity contribution in [1.29, 1.82) is 0 Å². The second-order valence-electron chi connectivity index (χ2n) is 11.0. The molecule has 1 N–H and O–H groups in total. The Hall–Kier alpha value is -4.41. The van der Waals surface area contributed by atoms with E-state index < -0.39 is 29.7 Å². The molecule has 1 unspecified atom stereocenters. The van der Waals surface area contributed by atoms with E-state index in [1.54, 1.807) is 45.0 Å². The van der Waals surface area contributed by atoms with Gasteiger partial charge in [0.1, 0.15) is 18.2 Å². The Balaban J connectivity index is 1.47. The van der Waals surface area contributed by atoms with Gasteiger partial charge in [0.25, 0.3) is 5.91 Å². The number of nitrogens with one attached hydrogen (secondary N) is 1. The number of carbonyl (C=O) groups excluding carboxylic acids is 3. The van der Waals surface area contributed by atoms with E-state index >= 15 is 0 Å². The number of alkyl carbamates (subject to hydrolysis) is 1. The molecule has 0 fully saturated rings. The Bertz CT molecular complexity index is 1350. The fourth-order valence-corrected chi connectivity index (χ4v) is 4.50. The SMILES string of the molecule is CC(C)(C)OC(=O)NC1CN(C(=O)OCCOCc2ccccc2)c2ccccc2N(CCOCc2ccccc2)C1=O. The molecule has 3 aromatic carbocycles. The number of amides is 3. The number of para-hydroxylation sites is 2. The standard InChI is InChI=1S/C33H39N3O7/c1-33(2,3)43-31(38)34-27-22-36(32(39)42-21-20-41-24-26-14-8-5-9-15-26)29-17-11-10-16-28(29)35(30(27)37)18-19-40-23-25-12-6-4-7-13-25/h4-17,27H,18-24H2,1-3H3,(H,34,38). The van der Waals surface area contributed by atoms with Gasteiger partial charge in [-0.1, -0.05) is 72.8 Å². The summed E-state index contributed by atoms with van der Waals surface area (Å²) in [4.78, 5) is 42.9. The van der Waals surface area contributed by atoms with Crippen LogP contribution < -0.4 is 15.1 Å². The topological polar surface area (TPSA) is 107 Å². The molecule has 0 aromatic heterocycles. The first kappa shape index (κ1) is 31.5. The maximum atomic E-state index is 13.9. The Kier molecular flexibility index (Phi) is 11.1. The van der Waals surface area contributed by atoms with E-state index in [1.807, 2.05) is 60.7 Å². The fourth-order valence-electron chi connectivity index (χ4n) is 4.50. The zero-order valence-corrected chi connectivity index (χ0v) is 24.9. The Labute approximate surface area is 252 Å². The average Bonchev–Trinajstić information content (AvgIpc) is 3.09. The summed E-state index contributed by atoms with van der Waals surface area (Å²) in [7, 11) is 0. The van der Waals surface area contributed by atoms with Crippen molar-refractivity contribution in [2.24, 2.45) is 0 Å². The maximum Gasteiger partial charge on any atom is 0.414 e. The van der Waals surface area contributed by atoms with Gasteiger partial charge in [-0.15, -0.1) is 0 Å². The third-order valence-electron chi connectivity index (χ3n) is 6.44. The molecular formula is C33H39N3O7. The quantitative estimate of drug-likeness (QED) is 0.303. The van der Waals surface area contributed by atoms with Gasteiger partial charge in [0.2, 0.25) is 0 Å².